The van der Waals surface area contributed by atoms with Crippen molar-refractivity contribution >= 4 is 34.0 Å². The summed E-state index contributed by atoms with van der Waals surface area (Å²) in [5.41, 5.74) is 4.03. The molecule has 2 aromatic carbocycles. The summed E-state index contributed by atoms with van der Waals surface area (Å²) in [4.78, 5) is 13.3. The molecule has 1 heterocycles. The molecule has 3 aromatic rings. The maximum atomic E-state index is 13.3. The van der Waals surface area contributed by atoms with Gasteiger partial charge in [0.05, 0.1) is 5.25 Å². The van der Waals surface area contributed by atoms with Crippen LogP contribution in [0.15, 0.2) is 52.9 Å². The molecule has 1 saturated carbocycles. The van der Waals surface area contributed by atoms with Crippen LogP contribution in [0.2, 0.25) is 0 Å². The minimum absolute atomic E-state index is 0.0933. The zero-order valence-electron chi connectivity index (χ0n) is 15.3. The number of hydrogen-bond donors (Lipinski definition) is 1. The van der Waals surface area contributed by atoms with Gasteiger partial charge in [-0.2, -0.15) is 0 Å². The van der Waals surface area contributed by atoms with Crippen LogP contribution >= 0.6 is 23.1 Å². The number of aromatic nitrogens is 2. The number of carbonyl (C=O) groups is 1. The van der Waals surface area contributed by atoms with Crippen molar-refractivity contribution in [2.75, 3.05) is 5.32 Å². The van der Waals surface area contributed by atoms with E-state index in [2.05, 4.69) is 15.5 Å². The first-order chi connectivity index (χ1) is 13.1. The van der Waals surface area contributed by atoms with Gasteiger partial charge < -0.3 is 5.32 Å². The van der Waals surface area contributed by atoms with E-state index >= 15 is 0 Å². The van der Waals surface area contributed by atoms with Crippen LogP contribution in [0, 0.1) is 13.8 Å². The van der Waals surface area contributed by atoms with Crippen LogP contribution < -0.4 is 5.32 Å². The molecule has 1 fully saturated rings. The van der Waals surface area contributed by atoms with Gasteiger partial charge in [-0.1, -0.05) is 82.8 Å². The smallest absolute Gasteiger partial charge is 0.206 e. The highest BCUT2D eigenvalue weighted by Crippen LogP contribution is 2.40. The summed E-state index contributed by atoms with van der Waals surface area (Å²) < 4.78 is 0.809. The molecule has 1 atom stereocenters. The van der Waals surface area contributed by atoms with E-state index in [0.29, 0.717) is 6.04 Å². The molecule has 0 bridgehead atoms. The van der Waals surface area contributed by atoms with Gasteiger partial charge in [0.25, 0.3) is 0 Å². The molecule has 1 aromatic heterocycles. The van der Waals surface area contributed by atoms with Gasteiger partial charge in [-0.25, -0.2) is 0 Å². The number of ketones is 1. The molecule has 27 heavy (non-hydrogen) atoms. The number of carbonyl (C=O) groups excluding carboxylic acids is 1. The number of nitrogens with one attached hydrogen (secondary N) is 1. The first-order valence-electron chi connectivity index (χ1n) is 9.02. The molecule has 6 heteroatoms. The molecular weight excluding hydrogens is 374 g/mol. The van der Waals surface area contributed by atoms with Crippen molar-refractivity contribution in [1.82, 2.24) is 10.2 Å². The van der Waals surface area contributed by atoms with Gasteiger partial charge in [-0.05, 0) is 32.3 Å². The Labute approximate surface area is 167 Å². The van der Waals surface area contributed by atoms with E-state index < -0.39 is 0 Å². The highest BCUT2D eigenvalue weighted by atomic mass is 32.2. The quantitative estimate of drug-likeness (QED) is 0.426. The number of hydrogen-bond acceptors (Lipinski definition) is 6. The SMILES string of the molecule is Cc1ccc(C(=O)C(Sc2nnc(NC3CC3)s2)c2ccc(C)cc2)cc1. The Morgan fingerprint density at radius 2 is 1.67 bits per heavy atom. The second-order valence-corrected chi connectivity index (χ2v) is 9.26. The summed E-state index contributed by atoms with van der Waals surface area (Å²) in [5.74, 6) is 0.0933. The first-order valence-corrected chi connectivity index (χ1v) is 10.7. The van der Waals surface area contributed by atoms with Crippen molar-refractivity contribution in [2.24, 2.45) is 0 Å². The van der Waals surface area contributed by atoms with E-state index in [-0.39, 0.29) is 11.0 Å². The van der Waals surface area contributed by atoms with Crippen LogP contribution in [-0.2, 0) is 0 Å². The summed E-state index contributed by atoms with van der Waals surface area (Å²) in [6.07, 6.45) is 2.39. The Kier molecular flexibility index (Phi) is 5.27. The lowest BCUT2D eigenvalue weighted by Gasteiger charge is -2.15. The molecule has 1 aliphatic rings. The second-order valence-electron chi connectivity index (χ2n) is 6.93. The molecule has 0 aliphatic heterocycles. The van der Waals surface area contributed by atoms with E-state index in [1.165, 1.54) is 41.5 Å². The van der Waals surface area contributed by atoms with Crippen molar-refractivity contribution in [2.45, 2.75) is 42.3 Å². The zero-order chi connectivity index (χ0) is 18.8. The van der Waals surface area contributed by atoms with E-state index in [1.807, 2.05) is 62.4 Å². The maximum absolute atomic E-state index is 13.3. The Hall–Kier alpha value is -2.18. The molecule has 1 aliphatic carbocycles. The van der Waals surface area contributed by atoms with E-state index in [9.17, 15) is 4.79 Å². The van der Waals surface area contributed by atoms with Crippen molar-refractivity contribution in [3.05, 3.63) is 70.8 Å². The minimum Gasteiger partial charge on any atom is -0.357 e. The summed E-state index contributed by atoms with van der Waals surface area (Å²) in [7, 11) is 0. The van der Waals surface area contributed by atoms with Crippen molar-refractivity contribution in [3.63, 3.8) is 0 Å². The van der Waals surface area contributed by atoms with E-state index in [0.717, 1.165) is 26.2 Å². The first kappa shape index (κ1) is 18.2. The number of rotatable bonds is 7. The van der Waals surface area contributed by atoms with Crippen LogP contribution in [0.25, 0.3) is 0 Å². The number of benzene rings is 2. The predicted octanol–water partition coefficient (Wildman–Crippen LogP) is 5.45. The maximum Gasteiger partial charge on any atom is 0.206 e. The average molecular weight is 396 g/mol. The minimum atomic E-state index is -0.338. The van der Waals surface area contributed by atoms with Gasteiger partial charge in [0.15, 0.2) is 10.1 Å². The standard InChI is InChI=1S/C21H21N3OS2/c1-13-3-7-15(8-4-13)18(25)19(16-9-5-14(2)6-10-16)26-21-24-23-20(27-21)22-17-11-12-17/h3-10,17,19H,11-12H2,1-2H3,(H,22,23). The third kappa shape index (κ3) is 4.57. The fourth-order valence-electron chi connectivity index (χ4n) is 2.70. The van der Waals surface area contributed by atoms with Crippen LogP contribution in [0.1, 0.15) is 45.1 Å². The lowest BCUT2D eigenvalue weighted by Crippen LogP contribution is -2.10. The molecule has 0 spiro atoms. The molecule has 0 amide bonds. The molecule has 138 valence electrons. The number of nitrogens with zero attached hydrogens (tertiary/aromatic N) is 2. The van der Waals surface area contributed by atoms with Crippen molar-refractivity contribution < 1.29 is 4.79 Å². The summed E-state index contributed by atoms with van der Waals surface area (Å²) in [6, 6.07) is 16.5. The van der Waals surface area contributed by atoms with Crippen molar-refractivity contribution in [3.8, 4) is 0 Å². The Morgan fingerprint density at radius 3 is 2.30 bits per heavy atom. The van der Waals surface area contributed by atoms with Crippen LogP contribution in [-0.4, -0.2) is 22.0 Å². The van der Waals surface area contributed by atoms with Gasteiger partial charge in [0.2, 0.25) is 5.13 Å². The normalized spacial score (nSPS) is 14.7. The van der Waals surface area contributed by atoms with Crippen LogP contribution in [0.5, 0.6) is 0 Å². The molecule has 0 saturated heterocycles. The number of Topliss-reactive ketones (excluding diaryl/α,β-unsaturated/α-hetero) is 1. The zero-order valence-corrected chi connectivity index (χ0v) is 16.9. The summed E-state index contributed by atoms with van der Waals surface area (Å²) in [6.45, 7) is 4.07. The lowest BCUT2D eigenvalue weighted by molar-refractivity contribution is 0.0989. The molecule has 1 unspecified atom stereocenters. The fourth-order valence-corrected chi connectivity index (χ4v) is 4.80. The van der Waals surface area contributed by atoms with Gasteiger partial charge >= 0.3 is 0 Å². The highest BCUT2D eigenvalue weighted by Gasteiger charge is 2.26. The topological polar surface area (TPSA) is 54.9 Å². The van der Waals surface area contributed by atoms with E-state index in [4.69, 9.17) is 0 Å². The molecular formula is C21H21N3OS2. The third-order valence-corrected chi connectivity index (χ3v) is 6.68. The molecule has 4 nitrogen and oxygen atoms in total. The third-order valence-electron chi connectivity index (χ3n) is 4.48. The largest absolute Gasteiger partial charge is 0.357 e. The van der Waals surface area contributed by atoms with Gasteiger partial charge in [-0.3, -0.25) is 4.79 Å². The van der Waals surface area contributed by atoms with Gasteiger partial charge in [0, 0.05) is 11.6 Å². The predicted molar refractivity (Wildman–Crippen MR) is 112 cm³/mol. The number of aryl methyl sites for hydroxylation is 2. The number of thioether (sulfide) groups is 1. The van der Waals surface area contributed by atoms with Crippen molar-refractivity contribution in [1.29, 1.82) is 0 Å². The lowest BCUT2D eigenvalue weighted by atomic mass is 10.0. The van der Waals surface area contributed by atoms with Crippen LogP contribution in [0.3, 0.4) is 0 Å². The fraction of sp³-hybridized carbons (Fsp3) is 0.286. The van der Waals surface area contributed by atoms with Crippen LogP contribution in [0.4, 0.5) is 5.13 Å². The molecule has 1 N–H and O–H groups in total. The Bertz CT molecular complexity index is 931. The Balaban J connectivity index is 1.60. The molecule has 0 radical (unpaired) electrons. The van der Waals surface area contributed by atoms with Gasteiger partial charge in [0.1, 0.15) is 0 Å². The van der Waals surface area contributed by atoms with E-state index in [1.54, 1.807) is 0 Å². The highest BCUT2D eigenvalue weighted by molar-refractivity contribution is 8.02. The monoisotopic (exact) mass is 395 g/mol. The molecule has 4 rings (SSSR count). The van der Waals surface area contributed by atoms with Gasteiger partial charge in [-0.15, -0.1) is 10.2 Å². The Morgan fingerprint density at radius 1 is 1.04 bits per heavy atom. The number of anilines is 1. The summed E-state index contributed by atoms with van der Waals surface area (Å²) >= 11 is 3.00. The second kappa shape index (κ2) is 7.82. The summed E-state index contributed by atoms with van der Waals surface area (Å²) in [5, 5.41) is 12.4. The average Bonchev–Trinajstić information content (AvgIpc) is 3.37.